The second-order valence-electron chi connectivity index (χ2n) is 12.1. The van der Waals surface area contributed by atoms with Crippen molar-refractivity contribution in [3.8, 4) is 0 Å². The van der Waals surface area contributed by atoms with Gasteiger partial charge in [-0.1, -0.05) is 152 Å². The highest BCUT2D eigenvalue weighted by molar-refractivity contribution is 7.91. The van der Waals surface area contributed by atoms with Crippen molar-refractivity contribution < 1.29 is 32.1 Å². The molecule has 0 N–H and O–H groups in total. The Labute approximate surface area is 289 Å². The van der Waals surface area contributed by atoms with E-state index >= 15 is 0 Å². The van der Waals surface area contributed by atoms with Gasteiger partial charge in [-0.05, 0) is 27.8 Å². The predicted octanol–water partition coefficient (Wildman–Crippen LogP) is 7.30. The van der Waals surface area contributed by atoms with E-state index in [-0.39, 0.29) is 32.2 Å². The number of sulfone groups is 1. The molecular formula is C41H42O7S. The van der Waals surface area contributed by atoms with E-state index in [1.54, 1.807) is 12.1 Å². The van der Waals surface area contributed by atoms with Gasteiger partial charge < -0.3 is 23.7 Å². The van der Waals surface area contributed by atoms with Crippen LogP contribution in [0, 0.1) is 0 Å². The molecule has 8 heteroatoms. The third-order valence-corrected chi connectivity index (χ3v) is 10.2. The van der Waals surface area contributed by atoms with Crippen LogP contribution in [0.3, 0.4) is 0 Å². The summed E-state index contributed by atoms with van der Waals surface area (Å²) in [5.74, 6) is -0.220. The second kappa shape index (κ2) is 17.5. The molecule has 1 aliphatic heterocycles. The van der Waals surface area contributed by atoms with Gasteiger partial charge in [-0.25, -0.2) is 8.42 Å². The van der Waals surface area contributed by atoms with Crippen molar-refractivity contribution in [3.05, 3.63) is 179 Å². The van der Waals surface area contributed by atoms with Crippen molar-refractivity contribution in [3.63, 3.8) is 0 Å². The van der Waals surface area contributed by atoms with E-state index < -0.39 is 39.7 Å². The molecule has 5 unspecified atom stereocenters. The monoisotopic (exact) mass is 678 g/mol. The van der Waals surface area contributed by atoms with E-state index in [2.05, 4.69) is 0 Å². The van der Waals surface area contributed by atoms with Gasteiger partial charge in [0.2, 0.25) is 0 Å². The molecule has 0 amide bonds. The summed E-state index contributed by atoms with van der Waals surface area (Å²) in [5.41, 5.74) is 3.12. The first-order valence-corrected chi connectivity index (χ1v) is 18.3. The summed E-state index contributed by atoms with van der Waals surface area (Å²) in [6.45, 7) is 1.07. The smallest absolute Gasteiger partial charge is 0.188 e. The van der Waals surface area contributed by atoms with Gasteiger partial charge in [0.05, 0.1) is 38.8 Å². The van der Waals surface area contributed by atoms with E-state index in [0.717, 1.165) is 22.3 Å². The molecule has 49 heavy (non-hydrogen) atoms. The fourth-order valence-electron chi connectivity index (χ4n) is 5.92. The highest BCUT2D eigenvalue weighted by atomic mass is 32.2. The van der Waals surface area contributed by atoms with Crippen LogP contribution in [0.5, 0.6) is 0 Å². The number of rotatable bonds is 16. The van der Waals surface area contributed by atoms with Gasteiger partial charge in [-0.3, -0.25) is 0 Å². The molecule has 0 saturated carbocycles. The zero-order chi connectivity index (χ0) is 33.7. The molecule has 0 aromatic heterocycles. The first kappa shape index (κ1) is 34.7. The third-order valence-electron chi connectivity index (χ3n) is 8.41. The van der Waals surface area contributed by atoms with E-state index in [4.69, 9.17) is 23.7 Å². The number of ether oxygens (including phenoxy) is 5. The molecule has 0 aliphatic carbocycles. The van der Waals surface area contributed by atoms with Crippen LogP contribution >= 0.6 is 0 Å². The van der Waals surface area contributed by atoms with Gasteiger partial charge in [0.25, 0.3) is 0 Å². The Hall–Kier alpha value is -4.15. The molecule has 1 fully saturated rings. The molecule has 254 valence electrons. The lowest BCUT2D eigenvalue weighted by atomic mass is 9.98. The van der Waals surface area contributed by atoms with Crippen LogP contribution < -0.4 is 0 Å². The number of hydrogen-bond acceptors (Lipinski definition) is 7. The quantitative estimate of drug-likeness (QED) is 0.108. The average molecular weight is 679 g/mol. The zero-order valence-corrected chi connectivity index (χ0v) is 28.1. The SMILES string of the molecule is O=S(=O)(Cc1ccccc1)C1OC(COCc2ccccc2)C(OCc2ccccc2)C(OCc2ccccc2)C1OCc1ccccc1. The van der Waals surface area contributed by atoms with Gasteiger partial charge in [-0.2, -0.15) is 0 Å². The standard InChI is InChI=1S/C41H42O7S/c42-49(43,31-36-24-14-5-15-25-36)41-40(47-29-35-22-12-4-13-23-35)39(46-28-34-20-10-3-11-21-34)38(45-27-33-18-8-2-9-19-33)37(48-41)30-44-26-32-16-6-1-7-17-32/h1-25,37-41H,26-31H2. The normalized spacial score (nSPS) is 20.9. The molecule has 0 bridgehead atoms. The minimum absolute atomic E-state index is 0.0856. The third kappa shape index (κ3) is 9.95. The maximum absolute atomic E-state index is 14.4. The van der Waals surface area contributed by atoms with Crippen molar-refractivity contribution in [2.75, 3.05) is 6.61 Å². The summed E-state index contributed by atoms with van der Waals surface area (Å²) < 4.78 is 61.5. The highest BCUT2D eigenvalue weighted by Gasteiger charge is 2.53. The number of benzene rings is 5. The summed E-state index contributed by atoms with van der Waals surface area (Å²) in [4.78, 5) is 0. The van der Waals surface area contributed by atoms with E-state index in [0.29, 0.717) is 12.2 Å². The van der Waals surface area contributed by atoms with Crippen molar-refractivity contribution in [1.82, 2.24) is 0 Å². The highest BCUT2D eigenvalue weighted by Crippen LogP contribution is 2.34. The predicted molar refractivity (Wildman–Crippen MR) is 189 cm³/mol. The van der Waals surface area contributed by atoms with Crippen LogP contribution in [-0.4, -0.2) is 44.9 Å². The van der Waals surface area contributed by atoms with Crippen LogP contribution in [0.2, 0.25) is 0 Å². The topological polar surface area (TPSA) is 80.3 Å². The van der Waals surface area contributed by atoms with Crippen molar-refractivity contribution >= 4 is 9.84 Å². The lowest BCUT2D eigenvalue weighted by Crippen LogP contribution is -2.63. The Balaban J connectivity index is 1.36. The Morgan fingerprint density at radius 3 is 1.27 bits per heavy atom. The molecule has 1 heterocycles. The van der Waals surface area contributed by atoms with Crippen molar-refractivity contribution in [2.24, 2.45) is 0 Å². The second-order valence-corrected chi connectivity index (χ2v) is 14.2. The van der Waals surface area contributed by atoms with Crippen molar-refractivity contribution in [2.45, 2.75) is 62.0 Å². The maximum Gasteiger partial charge on any atom is 0.188 e. The fourth-order valence-corrected chi connectivity index (χ4v) is 7.70. The summed E-state index contributed by atoms with van der Waals surface area (Å²) in [5, 5.41) is 0. The minimum atomic E-state index is -3.94. The van der Waals surface area contributed by atoms with Gasteiger partial charge in [0.1, 0.15) is 24.4 Å². The lowest BCUT2D eigenvalue weighted by molar-refractivity contribution is -0.256. The van der Waals surface area contributed by atoms with Gasteiger partial charge in [0, 0.05) is 0 Å². The molecule has 1 aliphatic rings. The Bertz CT molecular complexity index is 1770. The summed E-state index contributed by atoms with van der Waals surface area (Å²) >= 11 is 0. The van der Waals surface area contributed by atoms with Crippen molar-refractivity contribution in [1.29, 1.82) is 0 Å². The average Bonchev–Trinajstić information content (AvgIpc) is 3.14. The van der Waals surface area contributed by atoms with Gasteiger partial charge >= 0.3 is 0 Å². The van der Waals surface area contributed by atoms with E-state index in [9.17, 15) is 8.42 Å². The number of hydrogen-bond donors (Lipinski definition) is 0. The minimum Gasteiger partial charge on any atom is -0.374 e. The molecule has 1 saturated heterocycles. The fraction of sp³-hybridized carbons (Fsp3) is 0.268. The van der Waals surface area contributed by atoms with E-state index in [1.807, 2.05) is 140 Å². The molecule has 7 nitrogen and oxygen atoms in total. The molecule has 6 rings (SSSR count). The first-order valence-electron chi connectivity index (χ1n) is 16.5. The van der Waals surface area contributed by atoms with Crippen LogP contribution in [0.25, 0.3) is 0 Å². The Morgan fingerprint density at radius 1 is 0.449 bits per heavy atom. The largest absolute Gasteiger partial charge is 0.374 e. The van der Waals surface area contributed by atoms with Crippen LogP contribution in [0.15, 0.2) is 152 Å². The molecule has 5 aromatic rings. The lowest BCUT2D eigenvalue weighted by Gasteiger charge is -2.45. The maximum atomic E-state index is 14.4. The summed E-state index contributed by atoms with van der Waals surface area (Å²) in [6.07, 6.45) is -3.32. The first-order chi connectivity index (χ1) is 24.0. The van der Waals surface area contributed by atoms with Crippen LogP contribution in [0.1, 0.15) is 27.8 Å². The summed E-state index contributed by atoms with van der Waals surface area (Å²) in [7, 11) is -3.94. The van der Waals surface area contributed by atoms with Gasteiger partial charge in [0.15, 0.2) is 15.3 Å². The Kier molecular flexibility index (Phi) is 12.4. The molecule has 5 atom stereocenters. The molecule has 5 aromatic carbocycles. The summed E-state index contributed by atoms with van der Waals surface area (Å²) in [6, 6.07) is 48.3. The molecular weight excluding hydrogens is 637 g/mol. The zero-order valence-electron chi connectivity index (χ0n) is 27.3. The van der Waals surface area contributed by atoms with Crippen LogP contribution in [-0.2, 0) is 65.7 Å². The molecule has 0 radical (unpaired) electrons. The van der Waals surface area contributed by atoms with Gasteiger partial charge in [-0.15, -0.1) is 0 Å². The Morgan fingerprint density at radius 2 is 0.816 bits per heavy atom. The van der Waals surface area contributed by atoms with Crippen LogP contribution in [0.4, 0.5) is 0 Å². The molecule has 0 spiro atoms. The van der Waals surface area contributed by atoms with E-state index in [1.165, 1.54) is 0 Å².